The van der Waals surface area contributed by atoms with Crippen LogP contribution in [0.15, 0.2) is 102 Å². The first kappa shape index (κ1) is 30.5. The first-order valence-electron chi connectivity index (χ1n) is 13.2. The molecule has 4 aromatic rings. The predicted octanol–water partition coefficient (Wildman–Crippen LogP) is 9.04. The van der Waals surface area contributed by atoms with Crippen LogP contribution in [0.25, 0.3) is 5.70 Å². The SMILES string of the molecule is OC1(c2ccc(C3=CC(c4cc(Cl)c(Cl)c(Cl)c4)(C(F)(F)F)ON3)cc2Br)CN(C(c2ccccc2)c2ccccc2)C1. The summed E-state index contributed by atoms with van der Waals surface area (Å²) in [7, 11) is 0. The molecule has 0 spiro atoms. The second-order valence-corrected chi connectivity index (χ2v) is 12.7. The molecule has 11 heteroatoms. The van der Waals surface area contributed by atoms with E-state index in [1.54, 1.807) is 18.2 Å². The van der Waals surface area contributed by atoms with Gasteiger partial charge in [-0.25, -0.2) is 0 Å². The quantitative estimate of drug-likeness (QED) is 0.196. The van der Waals surface area contributed by atoms with Gasteiger partial charge in [0.25, 0.3) is 0 Å². The first-order chi connectivity index (χ1) is 20.4. The van der Waals surface area contributed by atoms with E-state index in [9.17, 15) is 18.3 Å². The topological polar surface area (TPSA) is 44.7 Å². The van der Waals surface area contributed by atoms with Crippen molar-refractivity contribution in [2.24, 2.45) is 0 Å². The van der Waals surface area contributed by atoms with Crippen LogP contribution in [-0.2, 0) is 16.0 Å². The first-order valence-corrected chi connectivity index (χ1v) is 15.1. The van der Waals surface area contributed by atoms with Gasteiger partial charge in [-0.3, -0.25) is 15.2 Å². The van der Waals surface area contributed by atoms with Gasteiger partial charge >= 0.3 is 6.18 Å². The number of nitrogens with zero attached hydrogens (tertiary/aromatic N) is 1. The van der Waals surface area contributed by atoms with Crippen molar-refractivity contribution < 1.29 is 23.1 Å². The largest absolute Gasteiger partial charge is 0.428 e. The van der Waals surface area contributed by atoms with Crippen molar-refractivity contribution in [3.8, 4) is 0 Å². The van der Waals surface area contributed by atoms with Crippen molar-refractivity contribution in [1.82, 2.24) is 10.4 Å². The molecule has 0 aromatic heterocycles. The summed E-state index contributed by atoms with van der Waals surface area (Å²) in [5.41, 5.74) is 1.43. The fourth-order valence-electron chi connectivity index (χ4n) is 5.68. The third-order valence-corrected chi connectivity index (χ3v) is 9.66. The van der Waals surface area contributed by atoms with Crippen LogP contribution in [-0.4, -0.2) is 29.3 Å². The highest BCUT2D eigenvalue weighted by atomic mass is 79.9. The molecule has 6 rings (SSSR count). The van der Waals surface area contributed by atoms with E-state index in [0.717, 1.165) is 29.3 Å². The van der Waals surface area contributed by atoms with Crippen molar-refractivity contribution in [3.63, 3.8) is 0 Å². The average molecular weight is 711 g/mol. The van der Waals surface area contributed by atoms with Crippen molar-refractivity contribution in [3.05, 3.63) is 144 Å². The van der Waals surface area contributed by atoms with Gasteiger partial charge < -0.3 is 5.11 Å². The Bertz CT molecular complexity index is 1640. The molecule has 0 amide bonds. The van der Waals surface area contributed by atoms with Crippen molar-refractivity contribution in [1.29, 1.82) is 0 Å². The highest BCUT2D eigenvalue weighted by Gasteiger charge is 2.60. The number of likely N-dealkylation sites (tertiary alicyclic amines) is 1. The van der Waals surface area contributed by atoms with Crippen LogP contribution in [0.4, 0.5) is 13.2 Å². The zero-order valence-electron chi connectivity index (χ0n) is 22.2. The fourth-order valence-corrected chi connectivity index (χ4v) is 7.02. The number of alkyl halides is 3. The van der Waals surface area contributed by atoms with Gasteiger partial charge in [0.2, 0.25) is 5.60 Å². The molecule has 2 aliphatic heterocycles. The van der Waals surface area contributed by atoms with Crippen LogP contribution in [0.2, 0.25) is 15.1 Å². The number of aliphatic hydroxyl groups is 1. The zero-order valence-corrected chi connectivity index (χ0v) is 26.0. The van der Waals surface area contributed by atoms with Crippen molar-refractivity contribution in [2.75, 3.05) is 13.1 Å². The van der Waals surface area contributed by atoms with Gasteiger partial charge in [0.15, 0.2) is 0 Å². The molecule has 4 nitrogen and oxygen atoms in total. The fraction of sp³-hybridized carbons (Fsp3) is 0.188. The molecule has 4 aromatic carbocycles. The standard InChI is InChI=1S/C32H23BrCl3F3N2O2/c33-24-13-21(27-16-31(43-40-27,32(37,38)39)22-14-25(34)28(36)26(35)15-22)11-12-23(24)30(42)17-41(18-30)29(19-7-3-1-4-8-19)20-9-5-2-6-10-20/h1-16,29,40,42H,17-18H2. The maximum Gasteiger partial charge on any atom is 0.428 e. The number of hydroxylamine groups is 1. The maximum absolute atomic E-state index is 14.5. The molecule has 1 saturated heterocycles. The zero-order chi connectivity index (χ0) is 30.6. The second kappa shape index (κ2) is 11.4. The Kier molecular flexibility index (Phi) is 8.09. The average Bonchev–Trinajstić information content (AvgIpc) is 3.43. The molecule has 0 bridgehead atoms. The number of nitrogens with one attached hydrogen (secondary N) is 1. The molecule has 222 valence electrons. The van der Waals surface area contributed by atoms with Gasteiger partial charge in [-0.2, -0.15) is 13.2 Å². The van der Waals surface area contributed by atoms with Gasteiger partial charge in [0.05, 0.1) is 26.8 Å². The summed E-state index contributed by atoms with van der Waals surface area (Å²) in [4.78, 5) is 7.40. The maximum atomic E-state index is 14.5. The molecule has 0 radical (unpaired) electrons. The molecule has 1 atom stereocenters. The van der Waals surface area contributed by atoms with E-state index in [2.05, 4.69) is 50.6 Å². The number of β-amino-alcohol motifs (C(OH)–C–C–N with tert-alkyl or cyclic N) is 1. The van der Waals surface area contributed by atoms with E-state index in [-0.39, 0.29) is 32.4 Å². The van der Waals surface area contributed by atoms with Crippen LogP contribution in [0, 0.1) is 0 Å². The van der Waals surface area contributed by atoms with Gasteiger partial charge in [0, 0.05) is 34.3 Å². The highest BCUT2D eigenvalue weighted by Crippen LogP contribution is 2.50. The lowest BCUT2D eigenvalue weighted by molar-refractivity contribution is -0.269. The summed E-state index contributed by atoms with van der Waals surface area (Å²) >= 11 is 21.6. The highest BCUT2D eigenvalue weighted by molar-refractivity contribution is 9.10. The second-order valence-electron chi connectivity index (χ2n) is 10.6. The minimum absolute atomic E-state index is 0.0453. The van der Waals surface area contributed by atoms with Crippen LogP contribution in [0.1, 0.15) is 33.9 Å². The smallest absolute Gasteiger partial charge is 0.382 e. The number of hydrogen-bond donors (Lipinski definition) is 2. The number of hydrogen-bond acceptors (Lipinski definition) is 4. The predicted molar refractivity (Wildman–Crippen MR) is 166 cm³/mol. The molecule has 2 aliphatic rings. The monoisotopic (exact) mass is 708 g/mol. The van der Waals surface area contributed by atoms with Crippen LogP contribution in [0.5, 0.6) is 0 Å². The molecule has 1 unspecified atom stereocenters. The Morgan fingerprint density at radius 3 is 1.93 bits per heavy atom. The van der Waals surface area contributed by atoms with E-state index >= 15 is 0 Å². The molecule has 0 aliphatic carbocycles. The minimum atomic E-state index is -4.86. The van der Waals surface area contributed by atoms with Crippen LogP contribution in [0.3, 0.4) is 0 Å². The summed E-state index contributed by atoms with van der Waals surface area (Å²) in [5, 5.41) is 11.3. The third-order valence-electron chi connectivity index (χ3n) is 7.81. The molecular weight excluding hydrogens is 688 g/mol. The van der Waals surface area contributed by atoms with E-state index in [1.807, 2.05) is 36.4 Å². The van der Waals surface area contributed by atoms with E-state index in [4.69, 9.17) is 39.6 Å². The molecule has 2 heterocycles. The Morgan fingerprint density at radius 2 is 1.42 bits per heavy atom. The van der Waals surface area contributed by atoms with Gasteiger partial charge in [-0.05, 0) is 35.4 Å². The molecule has 43 heavy (non-hydrogen) atoms. The Hall–Kier alpha value is -2.56. The van der Waals surface area contributed by atoms with Crippen molar-refractivity contribution in [2.45, 2.75) is 23.4 Å². The lowest BCUT2D eigenvalue weighted by Gasteiger charge is -2.51. The summed E-state index contributed by atoms with van der Waals surface area (Å²) in [6.07, 6.45) is -3.92. The van der Waals surface area contributed by atoms with Crippen LogP contribution < -0.4 is 5.48 Å². The van der Waals surface area contributed by atoms with E-state index in [1.165, 1.54) is 0 Å². The van der Waals surface area contributed by atoms with Gasteiger partial charge in [-0.15, -0.1) is 0 Å². The van der Waals surface area contributed by atoms with Gasteiger partial charge in [0.1, 0.15) is 5.60 Å². The Balaban J connectivity index is 1.28. The lowest BCUT2D eigenvalue weighted by Crippen LogP contribution is -2.60. The molecular formula is C32H23BrCl3F3N2O2. The third kappa shape index (κ3) is 5.48. The summed E-state index contributed by atoms with van der Waals surface area (Å²) in [5.74, 6) is 0. The summed E-state index contributed by atoms with van der Waals surface area (Å²) < 4.78 is 44.0. The van der Waals surface area contributed by atoms with Crippen molar-refractivity contribution >= 4 is 56.4 Å². The Morgan fingerprint density at radius 1 is 0.860 bits per heavy atom. The Labute approximate surface area is 269 Å². The van der Waals surface area contributed by atoms with E-state index < -0.39 is 17.4 Å². The number of benzene rings is 4. The molecule has 0 saturated carbocycles. The lowest BCUT2D eigenvalue weighted by atomic mass is 9.82. The molecule has 1 fully saturated rings. The normalized spacial score (nSPS) is 20.1. The summed E-state index contributed by atoms with van der Waals surface area (Å²) in [6, 6.07) is 27.3. The number of halogens is 7. The number of rotatable bonds is 6. The van der Waals surface area contributed by atoms with Gasteiger partial charge in [-0.1, -0.05) is 124 Å². The summed E-state index contributed by atoms with van der Waals surface area (Å²) in [6.45, 7) is 0.720. The van der Waals surface area contributed by atoms with Crippen LogP contribution >= 0.6 is 50.7 Å². The van der Waals surface area contributed by atoms with E-state index in [0.29, 0.717) is 28.7 Å². The molecule has 2 N–H and O–H groups in total. The minimum Gasteiger partial charge on any atom is -0.382 e.